The Morgan fingerprint density at radius 2 is 2.13 bits per heavy atom. The molecule has 0 aromatic carbocycles. The topological polar surface area (TPSA) is 69.8 Å². The Morgan fingerprint density at radius 3 is 2.70 bits per heavy atom. The van der Waals surface area contributed by atoms with Crippen LogP contribution < -0.4 is 10.6 Å². The second kappa shape index (κ2) is 9.29. The van der Waals surface area contributed by atoms with Crippen LogP contribution in [-0.2, 0) is 12.1 Å². The Hall–Kier alpha value is -1.06. The standard InChI is InChI=1S/C16H23N3O2S.HI/c1-4-17-15(18-10-13-6-5-9-22-13)19-11-16(3,20)14-8-7-12(2)21-14;/h5-9,20H,4,10-11H2,1-3H3,(H2,17,18,19);1H. The number of aliphatic imine (C=N–C) groups is 1. The zero-order chi connectivity index (χ0) is 16.0. The highest BCUT2D eigenvalue weighted by atomic mass is 127. The van der Waals surface area contributed by atoms with Gasteiger partial charge in [-0.1, -0.05) is 6.07 Å². The summed E-state index contributed by atoms with van der Waals surface area (Å²) >= 11 is 1.68. The fourth-order valence-corrected chi connectivity index (χ4v) is 2.60. The predicted molar refractivity (Wildman–Crippen MR) is 106 cm³/mol. The number of furan rings is 1. The fraction of sp³-hybridized carbons (Fsp3) is 0.438. The van der Waals surface area contributed by atoms with Gasteiger partial charge in [-0.25, -0.2) is 4.99 Å². The second-order valence-electron chi connectivity index (χ2n) is 5.31. The number of aryl methyl sites for hydroxylation is 1. The third kappa shape index (κ3) is 6.15. The highest BCUT2D eigenvalue weighted by Crippen LogP contribution is 2.21. The number of rotatable bonds is 6. The van der Waals surface area contributed by atoms with Gasteiger partial charge in [-0.3, -0.25) is 0 Å². The van der Waals surface area contributed by atoms with Gasteiger partial charge in [-0.2, -0.15) is 0 Å². The lowest BCUT2D eigenvalue weighted by atomic mass is 10.0. The van der Waals surface area contributed by atoms with Crippen molar-refractivity contribution in [1.29, 1.82) is 0 Å². The quantitative estimate of drug-likeness (QED) is 0.360. The number of thiophene rings is 1. The average molecular weight is 449 g/mol. The van der Waals surface area contributed by atoms with Crippen molar-refractivity contribution in [2.45, 2.75) is 32.9 Å². The van der Waals surface area contributed by atoms with E-state index in [4.69, 9.17) is 4.42 Å². The number of nitrogens with one attached hydrogen (secondary N) is 2. The van der Waals surface area contributed by atoms with Crippen molar-refractivity contribution in [3.63, 3.8) is 0 Å². The van der Waals surface area contributed by atoms with E-state index in [-0.39, 0.29) is 24.0 Å². The molecule has 0 aliphatic heterocycles. The van der Waals surface area contributed by atoms with Gasteiger partial charge in [-0.15, -0.1) is 35.3 Å². The normalized spacial score (nSPS) is 14.0. The smallest absolute Gasteiger partial charge is 0.191 e. The van der Waals surface area contributed by atoms with E-state index >= 15 is 0 Å². The first-order chi connectivity index (χ1) is 10.5. The van der Waals surface area contributed by atoms with Crippen LogP contribution in [0.2, 0.25) is 0 Å². The lowest BCUT2D eigenvalue weighted by Crippen LogP contribution is -2.44. The van der Waals surface area contributed by atoms with Crippen molar-refractivity contribution in [2.75, 3.05) is 13.1 Å². The van der Waals surface area contributed by atoms with Gasteiger partial charge in [0.05, 0.1) is 13.1 Å². The maximum atomic E-state index is 10.5. The molecule has 2 aromatic rings. The van der Waals surface area contributed by atoms with Crippen molar-refractivity contribution in [2.24, 2.45) is 4.99 Å². The third-order valence-electron chi connectivity index (χ3n) is 3.19. The van der Waals surface area contributed by atoms with Crippen molar-refractivity contribution in [3.8, 4) is 0 Å². The molecule has 128 valence electrons. The van der Waals surface area contributed by atoms with E-state index in [9.17, 15) is 5.11 Å². The minimum Gasteiger partial charge on any atom is -0.463 e. The van der Waals surface area contributed by atoms with Gasteiger partial charge in [0.25, 0.3) is 0 Å². The highest BCUT2D eigenvalue weighted by Gasteiger charge is 2.27. The molecule has 0 aliphatic rings. The average Bonchev–Trinajstić information content (AvgIpc) is 3.13. The molecule has 3 N–H and O–H groups in total. The van der Waals surface area contributed by atoms with Gasteiger partial charge in [-0.05, 0) is 44.4 Å². The first-order valence-corrected chi connectivity index (χ1v) is 8.23. The number of hydrogen-bond donors (Lipinski definition) is 3. The van der Waals surface area contributed by atoms with Crippen LogP contribution >= 0.6 is 35.3 Å². The Kier molecular flexibility index (Phi) is 8.07. The van der Waals surface area contributed by atoms with E-state index in [0.29, 0.717) is 24.8 Å². The summed E-state index contributed by atoms with van der Waals surface area (Å²) in [6.07, 6.45) is 0. The molecule has 23 heavy (non-hydrogen) atoms. The zero-order valence-corrected chi connectivity index (χ0v) is 16.8. The van der Waals surface area contributed by atoms with E-state index in [0.717, 1.165) is 12.3 Å². The molecule has 1 atom stereocenters. The molecule has 1 unspecified atom stereocenters. The van der Waals surface area contributed by atoms with Crippen LogP contribution in [0.5, 0.6) is 0 Å². The molecule has 0 fully saturated rings. The maximum absolute atomic E-state index is 10.5. The van der Waals surface area contributed by atoms with Gasteiger partial charge < -0.3 is 20.2 Å². The molecule has 7 heteroatoms. The Bertz CT molecular complexity index is 609. The van der Waals surface area contributed by atoms with Crippen LogP contribution in [0.1, 0.15) is 30.2 Å². The molecular weight excluding hydrogens is 425 g/mol. The van der Waals surface area contributed by atoms with E-state index in [1.54, 1.807) is 24.3 Å². The van der Waals surface area contributed by atoms with Crippen molar-refractivity contribution < 1.29 is 9.52 Å². The van der Waals surface area contributed by atoms with Crippen LogP contribution in [0.25, 0.3) is 0 Å². The minimum atomic E-state index is -1.09. The molecule has 0 saturated heterocycles. The van der Waals surface area contributed by atoms with Gasteiger partial charge in [0.1, 0.15) is 17.1 Å². The Labute approximate surface area is 158 Å². The monoisotopic (exact) mass is 449 g/mol. The molecule has 2 rings (SSSR count). The molecule has 0 aliphatic carbocycles. The number of aliphatic hydroxyl groups is 1. The SMILES string of the molecule is CCNC(=NCc1cccs1)NCC(C)(O)c1ccc(C)o1.I. The maximum Gasteiger partial charge on any atom is 0.191 e. The van der Waals surface area contributed by atoms with Gasteiger partial charge in [0, 0.05) is 11.4 Å². The molecule has 0 radical (unpaired) electrons. The Balaban J connectivity index is 0.00000264. The summed E-state index contributed by atoms with van der Waals surface area (Å²) in [5.74, 6) is 2.01. The zero-order valence-electron chi connectivity index (χ0n) is 13.6. The number of nitrogens with zero attached hydrogens (tertiary/aromatic N) is 1. The first kappa shape index (κ1) is 20.0. The third-order valence-corrected chi connectivity index (χ3v) is 4.05. The molecule has 2 aromatic heterocycles. The van der Waals surface area contributed by atoms with Gasteiger partial charge in [0.15, 0.2) is 5.96 Å². The Morgan fingerprint density at radius 1 is 1.35 bits per heavy atom. The number of halogens is 1. The number of guanidine groups is 1. The molecule has 2 heterocycles. The molecular formula is C16H24IN3O2S. The van der Waals surface area contributed by atoms with Crippen molar-refractivity contribution >= 4 is 41.3 Å². The fourth-order valence-electron chi connectivity index (χ4n) is 1.97. The molecule has 0 amide bonds. The second-order valence-corrected chi connectivity index (χ2v) is 6.34. The van der Waals surface area contributed by atoms with Gasteiger partial charge in [0.2, 0.25) is 0 Å². The van der Waals surface area contributed by atoms with E-state index in [1.807, 2.05) is 31.4 Å². The summed E-state index contributed by atoms with van der Waals surface area (Å²) in [6, 6.07) is 7.71. The van der Waals surface area contributed by atoms with Crippen LogP contribution in [-0.4, -0.2) is 24.2 Å². The first-order valence-electron chi connectivity index (χ1n) is 7.35. The summed E-state index contributed by atoms with van der Waals surface area (Å²) in [4.78, 5) is 5.72. The lowest BCUT2D eigenvalue weighted by Gasteiger charge is -2.22. The predicted octanol–water partition coefficient (Wildman–Crippen LogP) is 3.23. The van der Waals surface area contributed by atoms with Crippen LogP contribution in [0, 0.1) is 6.92 Å². The van der Waals surface area contributed by atoms with Crippen LogP contribution in [0.3, 0.4) is 0 Å². The van der Waals surface area contributed by atoms with Crippen LogP contribution in [0.4, 0.5) is 0 Å². The largest absolute Gasteiger partial charge is 0.463 e. The molecule has 5 nitrogen and oxygen atoms in total. The summed E-state index contributed by atoms with van der Waals surface area (Å²) in [5, 5.41) is 18.9. The van der Waals surface area contributed by atoms with E-state index in [1.165, 1.54) is 4.88 Å². The van der Waals surface area contributed by atoms with E-state index < -0.39 is 5.60 Å². The summed E-state index contributed by atoms with van der Waals surface area (Å²) < 4.78 is 5.51. The number of hydrogen-bond acceptors (Lipinski definition) is 4. The molecule has 0 saturated carbocycles. The summed E-state index contributed by atoms with van der Waals surface area (Å²) in [6.45, 7) is 7.29. The highest BCUT2D eigenvalue weighted by molar-refractivity contribution is 14.0. The van der Waals surface area contributed by atoms with Crippen molar-refractivity contribution in [3.05, 3.63) is 46.0 Å². The van der Waals surface area contributed by atoms with Gasteiger partial charge >= 0.3 is 0 Å². The summed E-state index contributed by atoms with van der Waals surface area (Å²) in [5.41, 5.74) is -1.09. The summed E-state index contributed by atoms with van der Waals surface area (Å²) in [7, 11) is 0. The minimum absolute atomic E-state index is 0. The molecule has 0 bridgehead atoms. The molecule has 0 spiro atoms. The lowest BCUT2D eigenvalue weighted by molar-refractivity contribution is 0.0378. The van der Waals surface area contributed by atoms with E-state index in [2.05, 4.69) is 21.7 Å². The van der Waals surface area contributed by atoms with Crippen molar-refractivity contribution in [1.82, 2.24) is 10.6 Å². The van der Waals surface area contributed by atoms with Crippen LogP contribution in [0.15, 0.2) is 39.1 Å².